The van der Waals surface area contributed by atoms with Crippen molar-refractivity contribution in [2.75, 3.05) is 23.4 Å². The van der Waals surface area contributed by atoms with Gasteiger partial charge in [-0.1, -0.05) is 13.8 Å². The lowest BCUT2D eigenvalue weighted by Gasteiger charge is -2.35. The minimum Gasteiger partial charge on any atom is -0.376 e. The van der Waals surface area contributed by atoms with E-state index in [0.29, 0.717) is 5.92 Å². The molecule has 2 saturated heterocycles. The molecule has 0 bridgehead atoms. The molecule has 0 aliphatic carbocycles. The Morgan fingerprint density at radius 3 is 2.93 bits per heavy atom. The van der Waals surface area contributed by atoms with Crippen molar-refractivity contribution in [1.29, 1.82) is 0 Å². The highest BCUT2D eigenvalue weighted by Gasteiger charge is 2.32. The molecule has 3 atom stereocenters. The third-order valence-electron chi connectivity index (χ3n) is 5.55. The fourth-order valence-corrected chi connectivity index (χ4v) is 4.24. The highest BCUT2D eigenvalue weighted by molar-refractivity contribution is 5.44. The number of aryl methyl sites for hydroxylation is 1. The number of nitrogens with one attached hydrogen (secondary N) is 1. The number of hydrogen-bond donors (Lipinski definition) is 1. The van der Waals surface area contributed by atoms with Gasteiger partial charge in [-0.2, -0.15) is 4.98 Å². The second-order valence-corrected chi connectivity index (χ2v) is 7.87. The van der Waals surface area contributed by atoms with Crippen LogP contribution in [-0.2, 0) is 11.8 Å². The van der Waals surface area contributed by atoms with Gasteiger partial charge in [0.1, 0.15) is 12.1 Å². The number of aromatic nitrogens is 5. The second kappa shape index (κ2) is 7.80. The molecule has 0 amide bonds. The maximum atomic E-state index is 6.00. The second-order valence-electron chi connectivity index (χ2n) is 7.87. The third-order valence-corrected chi connectivity index (χ3v) is 5.55. The molecule has 2 aliphatic rings. The average Bonchev–Trinajstić information content (AvgIpc) is 3.30. The average molecular weight is 371 g/mol. The Kier molecular flexibility index (Phi) is 5.24. The summed E-state index contributed by atoms with van der Waals surface area (Å²) in [7, 11) is 1.99. The molecule has 2 fully saturated rings. The van der Waals surface area contributed by atoms with Gasteiger partial charge >= 0.3 is 0 Å². The van der Waals surface area contributed by atoms with Crippen LogP contribution in [0.15, 0.2) is 18.6 Å². The largest absolute Gasteiger partial charge is 0.376 e. The maximum absolute atomic E-state index is 6.00. The van der Waals surface area contributed by atoms with Gasteiger partial charge in [-0.15, -0.1) is 10.2 Å². The molecule has 0 radical (unpaired) electrons. The van der Waals surface area contributed by atoms with Gasteiger partial charge in [0, 0.05) is 26.4 Å². The highest BCUT2D eigenvalue weighted by atomic mass is 16.5. The van der Waals surface area contributed by atoms with Crippen LogP contribution in [0.1, 0.15) is 51.4 Å². The van der Waals surface area contributed by atoms with Crippen molar-refractivity contribution >= 4 is 11.8 Å². The van der Waals surface area contributed by atoms with Crippen LogP contribution in [0.3, 0.4) is 0 Å². The molecule has 27 heavy (non-hydrogen) atoms. The summed E-state index contributed by atoms with van der Waals surface area (Å²) in [6.07, 6.45) is 8.14. The van der Waals surface area contributed by atoms with Gasteiger partial charge in [0.25, 0.3) is 0 Å². The summed E-state index contributed by atoms with van der Waals surface area (Å²) in [4.78, 5) is 11.6. The van der Waals surface area contributed by atoms with Gasteiger partial charge in [-0.3, -0.25) is 0 Å². The number of ether oxygens (including phenoxy) is 1. The van der Waals surface area contributed by atoms with Crippen LogP contribution in [0.5, 0.6) is 0 Å². The van der Waals surface area contributed by atoms with E-state index in [-0.39, 0.29) is 18.2 Å². The molecule has 4 rings (SSSR count). The quantitative estimate of drug-likeness (QED) is 0.865. The minimum atomic E-state index is 0.175. The molecule has 1 N–H and O–H groups in total. The Bertz CT molecular complexity index is 762. The van der Waals surface area contributed by atoms with Crippen molar-refractivity contribution in [2.24, 2.45) is 13.0 Å². The maximum Gasteiger partial charge on any atom is 0.227 e. The van der Waals surface area contributed by atoms with E-state index >= 15 is 0 Å². The van der Waals surface area contributed by atoms with Crippen molar-refractivity contribution in [1.82, 2.24) is 24.7 Å². The molecule has 0 aromatic carbocycles. The van der Waals surface area contributed by atoms with E-state index in [1.165, 1.54) is 0 Å². The fourth-order valence-electron chi connectivity index (χ4n) is 4.24. The molecule has 2 aromatic heterocycles. The van der Waals surface area contributed by atoms with Crippen molar-refractivity contribution in [3.8, 4) is 0 Å². The van der Waals surface area contributed by atoms with Crippen LogP contribution in [0, 0.1) is 5.92 Å². The molecule has 0 spiro atoms. The van der Waals surface area contributed by atoms with Crippen LogP contribution >= 0.6 is 0 Å². The SMILES string of the molecule is CC(C)[C@@H]1OCCC[C@H]1Nc1ccnc(N2CCC[C@H]2c2nncn2C)n1. The molecule has 2 aliphatic heterocycles. The lowest BCUT2D eigenvalue weighted by Crippen LogP contribution is -2.43. The van der Waals surface area contributed by atoms with Gasteiger partial charge in [-0.25, -0.2) is 4.98 Å². The number of anilines is 2. The normalized spacial score (nSPS) is 25.9. The molecule has 4 heterocycles. The predicted octanol–water partition coefficient (Wildman–Crippen LogP) is 2.56. The third kappa shape index (κ3) is 3.76. The molecular formula is C19H29N7O. The van der Waals surface area contributed by atoms with E-state index < -0.39 is 0 Å². The first-order valence-electron chi connectivity index (χ1n) is 9.95. The van der Waals surface area contributed by atoms with E-state index in [9.17, 15) is 0 Å². The number of nitrogens with zero attached hydrogens (tertiary/aromatic N) is 6. The van der Waals surface area contributed by atoms with Crippen LogP contribution in [0.25, 0.3) is 0 Å². The first-order chi connectivity index (χ1) is 13.1. The Morgan fingerprint density at radius 2 is 2.15 bits per heavy atom. The summed E-state index contributed by atoms with van der Waals surface area (Å²) >= 11 is 0. The zero-order valence-corrected chi connectivity index (χ0v) is 16.4. The summed E-state index contributed by atoms with van der Waals surface area (Å²) < 4.78 is 7.98. The Morgan fingerprint density at radius 1 is 1.26 bits per heavy atom. The summed E-state index contributed by atoms with van der Waals surface area (Å²) in [5.41, 5.74) is 0. The predicted molar refractivity (Wildman–Crippen MR) is 104 cm³/mol. The zero-order valence-electron chi connectivity index (χ0n) is 16.4. The first kappa shape index (κ1) is 18.2. The van der Waals surface area contributed by atoms with Gasteiger partial charge in [-0.05, 0) is 37.7 Å². The van der Waals surface area contributed by atoms with Crippen molar-refractivity contribution < 1.29 is 4.74 Å². The van der Waals surface area contributed by atoms with Crippen LogP contribution < -0.4 is 10.2 Å². The van der Waals surface area contributed by atoms with E-state index in [1.54, 1.807) is 6.33 Å². The summed E-state index contributed by atoms with van der Waals surface area (Å²) in [6.45, 7) is 6.21. The Balaban J connectivity index is 1.53. The van der Waals surface area contributed by atoms with Gasteiger partial charge < -0.3 is 19.5 Å². The van der Waals surface area contributed by atoms with E-state index in [4.69, 9.17) is 9.72 Å². The summed E-state index contributed by atoms with van der Waals surface area (Å²) in [5, 5.41) is 11.9. The van der Waals surface area contributed by atoms with E-state index in [2.05, 4.69) is 39.2 Å². The van der Waals surface area contributed by atoms with Crippen LogP contribution in [0.4, 0.5) is 11.8 Å². The van der Waals surface area contributed by atoms with Crippen molar-refractivity contribution in [2.45, 2.75) is 57.7 Å². The van der Waals surface area contributed by atoms with Crippen LogP contribution in [-0.4, -0.2) is 50.0 Å². The standard InChI is InChI=1S/C19H29N7O/c1-13(2)17-14(6-5-11-27-17)22-16-8-9-20-19(23-16)26-10-4-7-15(26)18-24-21-12-25(18)3/h8-9,12-15,17H,4-7,10-11H2,1-3H3,(H,20,22,23)/t14-,15+,17+/m1/s1. The van der Waals surface area contributed by atoms with E-state index in [0.717, 1.165) is 56.4 Å². The Hall–Kier alpha value is -2.22. The minimum absolute atomic E-state index is 0.175. The number of hydrogen-bond acceptors (Lipinski definition) is 7. The molecule has 146 valence electrons. The Labute approximate surface area is 160 Å². The molecule has 0 saturated carbocycles. The van der Waals surface area contributed by atoms with Gasteiger partial charge in [0.15, 0.2) is 5.82 Å². The van der Waals surface area contributed by atoms with Crippen molar-refractivity contribution in [3.63, 3.8) is 0 Å². The lowest BCUT2D eigenvalue weighted by molar-refractivity contribution is -0.0203. The summed E-state index contributed by atoms with van der Waals surface area (Å²) in [5.74, 6) is 3.06. The molecule has 0 unspecified atom stereocenters. The monoisotopic (exact) mass is 371 g/mol. The lowest BCUT2D eigenvalue weighted by atomic mass is 9.94. The smallest absolute Gasteiger partial charge is 0.227 e. The van der Waals surface area contributed by atoms with E-state index in [1.807, 2.05) is 23.9 Å². The highest BCUT2D eigenvalue weighted by Crippen LogP contribution is 2.33. The molecular weight excluding hydrogens is 342 g/mol. The van der Waals surface area contributed by atoms with Crippen molar-refractivity contribution in [3.05, 3.63) is 24.4 Å². The topological polar surface area (TPSA) is 81.0 Å². The van der Waals surface area contributed by atoms with Gasteiger partial charge in [0.2, 0.25) is 5.95 Å². The molecule has 2 aromatic rings. The molecule has 8 heteroatoms. The zero-order chi connectivity index (χ0) is 18.8. The van der Waals surface area contributed by atoms with Gasteiger partial charge in [0.05, 0.1) is 18.2 Å². The molecule has 8 nitrogen and oxygen atoms in total. The summed E-state index contributed by atoms with van der Waals surface area (Å²) in [6, 6.07) is 2.41. The van der Waals surface area contributed by atoms with Crippen LogP contribution in [0.2, 0.25) is 0 Å². The first-order valence-corrected chi connectivity index (χ1v) is 9.95. The fraction of sp³-hybridized carbons (Fsp3) is 0.684. The number of rotatable bonds is 5.